The number of likely N-dealkylation sites (tertiary alicyclic amines) is 2. The van der Waals surface area contributed by atoms with Gasteiger partial charge in [0.15, 0.2) is 0 Å². The van der Waals surface area contributed by atoms with E-state index in [2.05, 4.69) is 0 Å². The van der Waals surface area contributed by atoms with Crippen LogP contribution in [0, 0.1) is 11.8 Å². The minimum absolute atomic E-state index is 0.108. The lowest BCUT2D eigenvalue weighted by atomic mass is 9.97. The van der Waals surface area contributed by atoms with E-state index in [1.54, 1.807) is 11.9 Å². The summed E-state index contributed by atoms with van der Waals surface area (Å²) in [6.07, 6.45) is 2.06. The lowest BCUT2D eigenvalue weighted by molar-refractivity contribution is -0.174. The number of aliphatic carboxylic acids is 1. The van der Waals surface area contributed by atoms with Crippen molar-refractivity contribution in [3.63, 3.8) is 0 Å². The zero-order valence-corrected chi connectivity index (χ0v) is 23.6. The van der Waals surface area contributed by atoms with E-state index in [0.717, 1.165) is 24.0 Å². The zero-order chi connectivity index (χ0) is 29.6. The van der Waals surface area contributed by atoms with Crippen molar-refractivity contribution in [1.82, 2.24) is 14.9 Å². The van der Waals surface area contributed by atoms with Crippen LogP contribution in [0.1, 0.15) is 36.8 Å². The van der Waals surface area contributed by atoms with Gasteiger partial charge in [-0.3, -0.25) is 14.4 Å². The first kappa shape index (κ1) is 31.4. The molecule has 1 N–H and O–H groups in total. The Balaban J connectivity index is 0.000000228. The number of hydrogen-bond acceptors (Lipinski definition) is 7. The molecule has 11 nitrogen and oxygen atoms in total. The van der Waals surface area contributed by atoms with Crippen LogP contribution in [0.15, 0.2) is 60.7 Å². The number of amides is 3. The highest BCUT2D eigenvalue weighted by Gasteiger charge is 2.31. The highest BCUT2D eigenvalue weighted by molar-refractivity contribution is 5.79. The van der Waals surface area contributed by atoms with Crippen LogP contribution in [0.25, 0.3) is 0 Å². The molecule has 11 heteroatoms. The molecule has 0 aromatic heterocycles. The molecule has 0 spiro atoms. The van der Waals surface area contributed by atoms with Crippen LogP contribution in [-0.2, 0) is 37.1 Å². The highest BCUT2D eigenvalue weighted by Crippen LogP contribution is 2.20. The zero-order valence-electron chi connectivity index (χ0n) is 23.6. The summed E-state index contributed by atoms with van der Waals surface area (Å²) in [6.45, 7) is 2.26. The Labute approximate surface area is 240 Å². The monoisotopic (exact) mass is 569 g/mol. The van der Waals surface area contributed by atoms with E-state index in [4.69, 9.17) is 19.4 Å². The molecule has 3 amide bonds. The van der Waals surface area contributed by atoms with E-state index < -0.39 is 18.0 Å². The van der Waals surface area contributed by atoms with Crippen molar-refractivity contribution < 1.29 is 38.6 Å². The molecule has 0 radical (unpaired) electrons. The van der Waals surface area contributed by atoms with Crippen molar-refractivity contribution in [2.24, 2.45) is 11.8 Å². The number of carboxylic acids is 1. The molecule has 2 aromatic rings. The first-order chi connectivity index (χ1) is 19.8. The molecule has 2 atom stereocenters. The first-order valence-electron chi connectivity index (χ1n) is 13.7. The van der Waals surface area contributed by atoms with Gasteiger partial charge in [0, 0.05) is 33.2 Å². The Hall–Kier alpha value is -4.12. The van der Waals surface area contributed by atoms with E-state index in [1.165, 1.54) is 17.1 Å². The average Bonchev–Trinajstić information content (AvgIpc) is 3.03. The van der Waals surface area contributed by atoms with Gasteiger partial charge in [0.2, 0.25) is 0 Å². The van der Waals surface area contributed by atoms with Crippen molar-refractivity contribution >= 4 is 24.1 Å². The third-order valence-corrected chi connectivity index (χ3v) is 7.05. The van der Waals surface area contributed by atoms with E-state index in [-0.39, 0.29) is 37.7 Å². The molecule has 41 heavy (non-hydrogen) atoms. The van der Waals surface area contributed by atoms with Gasteiger partial charge in [-0.1, -0.05) is 60.7 Å². The number of carbonyl (C=O) groups excluding carboxylic acids is 3. The molecule has 0 bridgehead atoms. The molecule has 2 aliphatic heterocycles. The van der Waals surface area contributed by atoms with Gasteiger partial charge in [-0.05, 0) is 36.8 Å². The lowest BCUT2D eigenvalue weighted by Gasteiger charge is -2.32. The predicted octanol–water partition coefficient (Wildman–Crippen LogP) is 4.17. The number of nitrogens with zero attached hydrogens (tertiary/aromatic N) is 3. The first-order valence-corrected chi connectivity index (χ1v) is 13.7. The fourth-order valence-electron chi connectivity index (χ4n) is 4.66. The molecular formula is C30H39N3O8. The van der Waals surface area contributed by atoms with Gasteiger partial charge in [-0.25, -0.2) is 14.7 Å². The third-order valence-electron chi connectivity index (χ3n) is 7.05. The van der Waals surface area contributed by atoms with E-state index in [9.17, 15) is 19.2 Å². The SMILES string of the molecule is CON(C)C(=O)C1CCCN(C(=O)OCc2ccccc2)C1.O=C(O)C1CCCN(C(=O)OCc2ccccc2)C1. The van der Waals surface area contributed by atoms with Crippen molar-refractivity contribution in [3.8, 4) is 0 Å². The summed E-state index contributed by atoms with van der Waals surface area (Å²) in [7, 11) is 3.03. The van der Waals surface area contributed by atoms with E-state index >= 15 is 0 Å². The normalized spacial score (nSPS) is 18.4. The van der Waals surface area contributed by atoms with Crippen molar-refractivity contribution in [2.75, 3.05) is 40.3 Å². The summed E-state index contributed by atoms with van der Waals surface area (Å²) < 4.78 is 10.5. The molecule has 2 unspecified atom stereocenters. The Morgan fingerprint density at radius 2 is 1.22 bits per heavy atom. The molecule has 0 saturated carbocycles. The Kier molecular flexibility index (Phi) is 12.4. The summed E-state index contributed by atoms with van der Waals surface area (Å²) in [5, 5.41) is 10.2. The maximum absolute atomic E-state index is 12.1. The van der Waals surface area contributed by atoms with Gasteiger partial charge in [0.1, 0.15) is 13.2 Å². The molecule has 2 aromatic carbocycles. The second-order valence-corrected chi connectivity index (χ2v) is 10.0. The smallest absolute Gasteiger partial charge is 0.410 e. The molecule has 2 aliphatic rings. The van der Waals surface area contributed by atoms with Crippen molar-refractivity contribution in [2.45, 2.75) is 38.9 Å². The number of piperidine rings is 2. The summed E-state index contributed by atoms with van der Waals surface area (Å²) in [4.78, 5) is 55.0. The molecule has 222 valence electrons. The summed E-state index contributed by atoms with van der Waals surface area (Å²) >= 11 is 0. The van der Waals surface area contributed by atoms with Crippen LogP contribution in [0.4, 0.5) is 9.59 Å². The maximum Gasteiger partial charge on any atom is 0.410 e. The summed E-state index contributed by atoms with van der Waals surface area (Å²) in [5.74, 6) is -1.66. The summed E-state index contributed by atoms with van der Waals surface area (Å²) in [6, 6.07) is 18.9. The fourth-order valence-corrected chi connectivity index (χ4v) is 4.66. The number of carbonyl (C=O) groups is 4. The molecule has 0 aliphatic carbocycles. The van der Waals surface area contributed by atoms with Gasteiger partial charge >= 0.3 is 18.2 Å². The second kappa shape index (κ2) is 16.2. The fraction of sp³-hybridized carbons (Fsp3) is 0.467. The minimum atomic E-state index is -0.847. The van der Waals surface area contributed by atoms with Gasteiger partial charge in [-0.15, -0.1) is 0 Å². The van der Waals surface area contributed by atoms with Crippen LogP contribution in [-0.4, -0.2) is 84.4 Å². The van der Waals surface area contributed by atoms with Gasteiger partial charge < -0.3 is 24.4 Å². The lowest BCUT2D eigenvalue weighted by Crippen LogP contribution is -2.45. The second-order valence-electron chi connectivity index (χ2n) is 10.0. The molecular weight excluding hydrogens is 530 g/mol. The standard InChI is InChI=1S/C16H22N2O4.C14H17NO4/c1-17(21-2)15(19)14-9-6-10-18(11-14)16(20)22-12-13-7-4-3-5-8-13;16-13(17)12-7-4-8-15(9-12)14(18)19-10-11-5-2-1-3-6-11/h3-5,7-8,14H,6,9-12H2,1-2H3;1-3,5-6,12H,4,7-10H2,(H,16,17). The minimum Gasteiger partial charge on any atom is -0.481 e. The van der Waals surface area contributed by atoms with E-state index in [0.29, 0.717) is 32.5 Å². The largest absolute Gasteiger partial charge is 0.481 e. The van der Waals surface area contributed by atoms with Crippen LogP contribution in [0.3, 0.4) is 0 Å². The molecule has 2 saturated heterocycles. The Morgan fingerprint density at radius 3 is 1.66 bits per heavy atom. The van der Waals surface area contributed by atoms with Crippen LogP contribution in [0.5, 0.6) is 0 Å². The molecule has 4 rings (SSSR count). The highest BCUT2D eigenvalue weighted by atomic mass is 16.7. The molecule has 2 fully saturated rings. The number of carboxylic acid groups (broad SMARTS) is 1. The quantitative estimate of drug-likeness (QED) is 0.493. The number of rotatable bonds is 7. The Bertz CT molecular complexity index is 1130. The average molecular weight is 570 g/mol. The number of hydrogen-bond donors (Lipinski definition) is 1. The summed E-state index contributed by atoms with van der Waals surface area (Å²) in [5.41, 5.74) is 1.86. The van der Waals surface area contributed by atoms with Crippen LogP contribution in [0.2, 0.25) is 0 Å². The van der Waals surface area contributed by atoms with Crippen molar-refractivity contribution in [3.05, 3.63) is 71.8 Å². The predicted molar refractivity (Wildman–Crippen MR) is 149 cm³/mol. The Morgan fingerprint density at radius 1 is 0.780 bits per heavy atom. The van der Waals surface area contributed by atoms with Gasteiger partial charge in [0.05, 0.1) is 18.9 Å². The third kappa shape index (κ3) is 10.1. The topological polar surface area (TPSA) is 126 Å². The van der Waals surface area contributed by atoms with Crippen molar-refractivity contribution in [1.29, 1.82) is 0 Å². The number of ether oxygens (including phenoxy) is 2. The van der Waals surface area contributed by atoms with Gasteiger partial charge in [-0.2, -0.15) is 0 Å². The van der Waals surface area contributed by atoms with E-state index in [1.807, 2.05) is 60.7 Å². The maximum atomic E-state index is 12.1. The van der Waals surface area contributed by atoms with Crippen LogP contribution < -0.4 is 0 Å². The number of benzene rings is 2. The number of hydroxylamine groups is 2. The van der Waals surface area contributed by atoms with Crippen LogP contribution >= 0.6 is 0 Å². The molecule has 2 heterocycles. The van der Waals surface area contributed by atoms with Gasteiger partial charge in [0.25, 0.3) is 5.91 Å².